The zero-order chi connectivity index (χ0) is 12.3. The van der Waals surface area contributed by atoms with E-state index in [2.05, 4.69) is 5.32 Å². The molecule has 6 heteroatoms. The van der Waals surface area contributed by atoms with Gasteiger partial charge in [-0.1, -0.05) is 0 Å². The molecule has 6 nitrogen and oxygen atoms in total. The van der Waals surface area contributed by atoms with Crippen LogP contribution in [0.4, 0.5) is 4.79 Å². The number of aliphatic carboxylic acids is 1. The van der Waals surface area contributed by atoms with Gasteiger partial charge in [0.1, 0.15) is 6.04 Å². The van der Waals surface area contributed by atoms with Crippen LogP contribution < -0.4 is 5.32 Å². The van der Waals surface area contributed by atoms with Crippen LogP contribution in [0.5, 0.6) is 0 Å². The molecular weight excluding hydrogens is 212 g/mol. The number of hydrogen-bond donors (Lipinski definition) is 2. The Morgan fingerprint density at radius 3 is 2.62 bits per heavy atom. The molecular formula is C10H18N2O4. The number of carboxylic acid groups (broad SMARTS) is 1. The van der Waals surface area contributed by atoms with E-state index in [1.165, 1.54) is 11.8 Å². The van der Waals surface area contributed by atoms with Crippen LogP contribution in [0.2, 0.25) is 0 Å². The predicted octanol–water partition coefficient (Wildman–Crippen LogP) is 0.278. The topological polar surface area (TPSA) is 78.9 Å². The molecule has 1 fully saturated rings. The van der Waals surface area contributed by atoms with E-state index in [4.69, 9.17) is 9.84 Å². The van der Waals surface area contributed by atoms with Crippen molar-refractivity contribution in [2.24, 2.45) is 0 Å². The third-order valence-electron chi connectivity index (χ3n) is 2.86. The summed E-state index contributed by atoms with van der Waals surface area (Å²) in [6.45, 7) is 3.97. The zero-order valence-corrected chi connectivity index (χ0v) is 9.77. The largest absolute Gasteiger partial charge is 0.480 e. The van der Waals surface area contributed by atoms with Crippen LogP contribution in [0.25, 0.3) is 0 Å². The molecule has 0 bridgehead atoms. The van der Waals surface area contributed by atoms with Gasteiger partial charge in [0, 0.05) is 13.7 Å². The molecule has 0 radical (unpaired) electrons. The summed E-state index contributed by atoms with van der Waals surface area (Å²) in [5.74, 6) is -1.04. The Bertz CT molecular complexity index is 282. The third kappa shape index (κ3) is 2.85. The Kier molecular flexibility index (Phi) is 4.12. The Morgan fingerprint density at radius 1 is 1.56 bits per heavy atom. The van der Waals surface area contributed by atoms with Gasteiger partial charge in [-0.25, -0.2) is 4.79 Å². The van der Waals surface area contributed by atoms with E-state index in [1.54, 1.807) is 7.05 Å². The lowest BCUT2D eigenvalue weighted by Crippen LogP contribution is -2.50. The first-order valence-electron chi connectivity index (χ1n) is 5.31. The van der Waals surface area contributed by atoms with E-state index < -0.39 is 12.0 Å². The van der Waals surface area contributed by atoms with E-state index in [0.29, 0.717) is 6.61 Å². The fourth-order valence-corrected chi connectivity index (χ4v) is 1.73. The van der Waals surface area contributed by atoms with Crippen LogP contribution >= 0.6 is 0 Å². The molecule has 0 spiro atoms. The van der Waals surface area contributed by atoms with Crippen LogP contribution in [0.3, 0.4) is 0 Å². The van der Waals surface area contributed by atoms with Gasteiger partial charge < -0.3 is 20.1 Å². The summed E-state index contributed by atoms with van der Waals surface area (Å²) in [5.41, 5.74) is 0. The Morgan fingerprint density at radius 2 is 2.19 bits per heavy atom. The number of nitrogens with one attached hydrogen (secondary N) is 1. The van der Waals surface area contributed by atoms with E-state index in [9.17, 15) is 9.59 Å². The van der Waals surface area contributed by atoms with Crippen LogP contribution in [0, 0.1) is 0 Å². The molecule has 0 aromatic carbocycles. The van der Waals surface area contributed by atoms with Crippen molar-refractivity contribution in [3.05, 3.63) is 0 Å². The highest BCUT2D eigenvalue weighted by Gasteiger charge is 2.31. The normalized spacial score (nSPS) is 26.2. The van der Waals surface area contributed by atoms with Crippen molar-refractivity contribution in [1.82, 2.24) is 10.2 Å². The molecule has 1 aliphatic rings. The van der Waals surface area contributed by atoms with Gasteiger partial charge in [-0.05, 0) is 20.3 Å². The van der Waals surface area contributed by atoms with Crippen molar-refractivity contribution in [2.75, 3.05) is 13.7 Å². The summed E-state index contributed by atoms with van der Waals surface area (Å²) >= 11 is 0. The van der Waals surface area contributed by atoms with Crippen molar-refractivity contribution in [1.29, 1.82) is 0 Å². The number of carbonyl (C=O) groups excluding carboxylic acids is 1. The van der Waals surface area contributed by atoms with E-state index in [0.717, 1.165) is 6.42 Å². The minimum Gasteiger partial charge on any atom is -0.480 e. The number of urea groups is 1. The van der Waals surface area contributed by atoms with Crippen LogP contribution in [0.15, 0.2) is 0 Å². The predicted molar refractivity (Wildman–Crippen MR) is 57.2 cm³/mol. The minimum atomic E-state index is -1.04. The van der Waals surface area contributed by atoms with Crippen LogP contribution in [0.1, 0.15) is 20.3 Å². The van der Waals surface area contributed by atoms with Gasteiger partial charge in [0.15, 0.2) is 0 Å². The first-order chi connectivity index (χ1) is 7.43. The number of carbonyl (C=O) groups is 2. The van der Waals surface area contributed by atoms with Gasteiger partial charge in [-0.2, -0.15) is 0 Å². The highest BCUT2D eigenvalue weighted by molar-refractivity contribution is 5.82. The van der Waals surface area contributed by atoms with Gasteiger partial charge in [-0.3, -0.25) is 4.79 Å². The zero-order valence-electron chi connectivity index (χ0n) is 9.77. The molecule has 1 saturated heterocycles. The summed E-state index contributed by atoms with van der Waals surface area (Å²) in [5, 5.41) is 11.1. The molecule has 0 aromatic heterocycles. The molecule has 1 heterocycles. The standard InChI is InChI=1S/C10H18N2O4/c1-6(9(13)14)11-10(15)12(3)8-4-5-16-7(8)2/h6-8H,4-5H2,1-3H3,(H,11,15)(H,13,14)/t6-,7?,8?/m1/s1. The second-order valence-corrected chi connectivity index (χ2v) is 4.05. The maximum atomic E-state index is 11.7. The minimum absolute atomic E-state index is 0.00381. The SMILES string of the molecule is CC1OCCC1N(C)C(=O)N[C@H](C)C(=O)O. The van der Waals surface area contributed by atoms with Crippen molar-refractivity contribution < 1.29 is 19.4 Å². The fraction of sp³-hybridized carbons (Fsp3) is 0.800. The number of carboxylic acids is 1. The molecule has 92 valence electrons. The molecule has 2 N–H and O–H groups in total. The summed E-state index contributed by atoms with van der Waals surface area (Å²) in [7, 11) is 1.65. The molecule has 1 rings (SSSR count). The van der Waals surface area contributed by atoms with E-state index in [1.807, 2.05) is 6.92 Å². The van der Waals surface area contributed by atoms with Gasteiger partial charge in [0.05, 0.1) is 12.1 Å². The second kappa shape index (κ2) is 5.16. The lowest BCUT2D eigenvalue weighted by atomic mass is 10.1. The molecule has 2 unspecified atom stereocenters. The lowest BCUT2D eigenvalue weighted by Gasteiger charge is -2.27. The number of likely N-dealkylation sites (N-methyl/N-ethyl adjacent to an activating group) is 1. The molecule has 3 atom stereocenters. The smallest absolute Gasteiger partial charge is 0.325 e. The van der Waals surface area contributed by atoms with Crippen molar-refractivity contribution in [2.45, 2.75) is 38.5 Å². The number of rotatable bonds is 3. The van der Waals surface area contributed by atoms with Crippen LogP contribution in [-0.2, 0) is 9.53 Å². The van der Waals surface area contributed by atoms with Crippen molar-refractivity contribution in [3.63, 3.8) is 0 Å². The summed E-state index contributed by atoms with van der Waals surface area (Å²) in [6.07, 6.45) is 0.780. The Balaban J connectivity index is 2.50. The lowest BCUT2D eigenvalue weighted by molar-refractivity contribution is -0.138. The maximum Gasteiger partial charge on any atom is 0.325 e. The van der Waals surface area contributed by atoms with E-state index >= 15 is 0 Å². The number of amides is 2. The fourth-order valence-electron chi connectivity index (χ4n) is 1.73. The van der Waals surface area contributed by atoms with Crippen molar-refractivity contribution >= 4 is 12.0 Å². The average Bonchev–Trinajstić information content (AvgIpc) is 2.62. The van der Waals surface area contributed by atoms with E-state index in [-0.39, 0.29) is 18.2 Å². The molecule has 0 aromatic rings. The summed E-state index contributed by atoms with van der Waals surface area (Å²) in [6, 6.07) is -1.24. The quantitative estimate of drug-likeness (QED) is 0.729. The monoisotopic (exact) mass is 230 g/mol. The summed E-state index contributed by atoms with van der Waals surface area (Å²) in [4.78, 5) is 23.8. The molecule has 2 amide bonds. The highest BCUT2D eigenvalue weighted by Crippen LogP contribution is 2.18. The van der Waals surface area contributed by atoms with Gasteiger partial charge in [0.25, 0.3) is 0 Å². The first-order valence-corrected chi connectivity index (χ1v) is 5.31. The molecule has 0 saturated carbocycles. The summed E-state index contributed by atoms with van der Waals surface area (Å²) < 4.78 is 5.35. The Hall–Kier alpha value is -1.30. The molecule has 1 aliphatic heterocycles. The first kappa shape index (κ1) is 12.8. The van der Waals surface area contributed by atoms with Gasteiger partial charge in [0.2, 0.25) is 0 Å². The third-order valence-corrected chi connectivity index (χ3v) is 2.86. The average molecular weight is 230 g/mol. The molecule has 16 heavy (non-hydrogen) atoms. The van der Waals surface area contributed by atoms with Gasteiger partial charge in [-0.15, -0.1) is 0 Å². The van der Waals surface area contributed by atoms with Gasteiger partial charge >= 0.3 is 12.0 Å². The Labute approximate surface area is 94.6 Å². The number of ether oxygens (including phenoxy) is 1. The number of nitrogens with zero attached hydrogens (tertiary/aromatic N) is 1. The maximum absolute atomic E-state index is 11.7. The van der Waals surface area contributed by atoms with Crippen LogP contribution in [-0.4, -0.2) is 53.8 Å². The van der Waals surface area contributed by atoms with Crippen molar-refractivity contribution in [3.8, 4) is 0 Å². The second-order valence-electron chi connectivity index (χ2n) is 4.05. The highest BCUT2D eigenvalue weighted by atomic mass is 16.5. The molecule has 0 aliphatic carbocycles. The number of hydrogen-bond acceptors (Lipinski definition) is 3.